The normalized spacial score (nSPS) is 8.00. The molecule has 0 fully saturated rings. The van der Waals surface area contributed by atoms with Crippen LogP contribution in [0.1, 0.15) is 12.8 Å². The van der Waals surface area contributed by atoms with Crippen molar-refractivity contribution in [1.29, 1.82) is 5.26 Å². The van der Waals surface area contributed by atoms with Crippen molar-refractivity contribution in [2.45, 2.75) is 12.8 Å². The minimum absolute atomic E-state index is 0.442. The molecule has 0 unspecified atom stereocenters. The van der Waals surface area contributed by atoms with Gasteiger partial charge in [-0.2, -0.15) is 5.26 Å². The summed E-state index contributed by atoms with van der Waals surface area (Å²) in [7, 11) is 0. The molecule has 0 aliphatic carbocycles. The highest BCUT2D eigenvalue weighted by Crippen LogP contribution is 1.98. The molecule has 0 amide bonds. The molecule has 0 aliphatic rings. The van der Waals surface area contributed by atoms with E-state index in [0.717, 1.165) is 12.0 Å². The lowest BCUT2D eigenvalue weighted by Gasteiger charge is -1.92. The lowest BCUT2D eigenvalue weighted by Crippen LogP contribution is -1.98. The number of nitrogens with two attached hydrogens (primary N) is 1. The molecule has 0 saturated heterocycles. The zero-order valence-electron chi connectivity index (χ0n) is 4.85. The molecule has 0 radical (unpaired) electrons. The van der Waals surface area contributed by atoms with Gasteiger partial charge >= 0.3 is 0 Å². The van der Waals surface area contributed by atoms with Crippen LogP contribution in [0, 0.1) is 11.3 Å². The van der Waals surface area contributed by atoms with Crippen LogP contribution in [-0.4, -0.2) is 6.54 Å². The van der Waals surface area contributed by atoms with Gasteiger partial charge in [-0.3, -0.25) is 0 Å². The Balaban J connectivity index is 3.23. The lowest BCUT2D eigenvalue weighted by molar-refractivity contribution is 0.928. The van der Waals surface area contributed by atoms with E-state index in [1.165, 1.54) is 0 Å². The van der Waals surface area contributed by atoms with Gasteiger partial charge in [0.2, 0.25) is 0 Å². The number of nitriles is 1. The van der Waals surface area contributed by atoms with E-state index >= 15 is 0 Å². The second kappa shape index (κ2) is 4.35. The van der Waals surface area contributed by atoms with Crippen LogP contribution in [0.15, 0.2) is 12.2 Å². The molecule has 2 heteroatoms. The highest BCUT2D eigenvalue weighted by Gasteiger charge is 1.87. The highest BCUT2D eigenvalue weighted by molar-refractivity contribution is 5.01. The first-order chi connectivity index (χ1) is 3.81. The largest absolute Gasteiger partial charge is 0.330 e. The van der Waals surface area contributed by atoms with E-state index in [1.54, 1.807) is 0 Å². The van der Waals surface area contributed by atoms with Crippen molar-refractivity contribution in [2.24, 2.45) is 5.73 Å². The smallest absolute Gasteiger partial charge is 0.0666 e. The summed E-state index contributed by atoms with van der Waals surface area (Å²) in [5.74, 6) is 0. The Bertz CT molecular complexity index is 110. The molecule has 0 rings (SSSR count). The van der Waals surface area contributed by atoms with Crippen LogP contribution < -0.4 is 5.73 Å². The number of hydrogen-bond acceptors (Lipinski definition) is 2. The fraction of sp³-hybridized carbons (Fsp3) is 0.500. The van der Waals surface area contributed by atoms with Gasteiger partial charge in [0.25, 0.3) is 0 Å². The van der Waals surface area contributed by atoms with Gasteiger partial charge in [0.15, 0.2) is 0 Å². The molecule has 0 spiro atoms. The summed E-state index contributed by atoms with van der Waals surface area (Å²) in [5, 5.41) is 8.11. The lowest BCUT2D eigenvalue weighted by atomic mass is 10.2. The summed E-state index contributed by atoms with van der Waals surface area (Å²) in [6, 6.07) is 2.00. The summed E-state index contributed by atoms with van der Waals surface area (Å²) in [6.45, 7) is 4.23. The second-order valence-corrected chi connectivity index (χ2v) is 1.62. The maximum Gasteiger partial charge on any atom is 0.0666 e. The summed E-state index contributed by atoms with van der Waals surface area (Å²) in [5.41, 5.74) is 6.12. The van der Waals surface area contributed by atoms with E-state index in [4.69, 9.17) is 11.0 Å². The highest BCUT2D eigenvalue weighted by atomic mass is 14.5. The van der Waals surface area contributed by atoms with E-state index in [1.807, 2.05) is 6.07 Å². The Labute approximate surface area is 49.6 Å². The maximum absolute atomic E-state index is 8.11. The molecule has 0 atom stereocenters. The van der Waals surface area contributed by atoms with E-state index < -0.39 is 0 Å². The van der Waals surface area contributed by atoms with Crippen molar-refractivity contribution in [3.05, 3.63) is 12.2 Å². The van der Waals surface area contributed by atoms with E-state index in [2.05, 4.69) is 6.58 Å². The molecule has 0 aromatic rings. The molecular formula is C6H10N2. The van der Waals surface area contributed by atoms with E-state index in [0.29, 0.717) is 13.0 Å². The molecule has 0 aromatic heterocycles. The van der Waals surface area contributed by atoms with Gasteiger partial charge in [-0.25, -0.2) is 0 Å². The van der Waals surface area contributed by atoms with Crippen LogP contribution >= 0.6 is 0 Å². The second-order valence-electron chi connectivity index (χ2n) is 1.62. The first-order valence-corrected chi connectivity index (χ1v) is 2.55. The molecule has 2 N–H and O–H groups in total. The average Bonchev–Trinajstić information content (AvgIpc) is 1.68. The van der Waals surface area contributed by atoms with Gasteiger partial charge in [0.1, 0.15) is 0 Å². The third kappa shape index (κ3) is 3.38. The predicted molar refractivity (Wildman–Crippen MR) is 33.0 cm³/mol. The van der Waals surface area contributed by atoms with Gasteiger partial charge in [0.05, 0.1) is 12.5 Å². The zero-order valence-corrected chi connectivity index (χ0v) is 4.85. The Morgan fingerprint density at radius 1 is 1.75 bits per heavy atom. The van der Waals surface area contributed by atoms with Crippen molar-refractivity contribution < 1.29 is 0 Å². The van der Waals surface area contributed by atoms with Gasteiger partial charge in [-0.1, -0.05) is 12.2 Å². The summed E-state index contributed by atoms with van der Waals surface area (Å²) >= 11 is 0. The SMILES string of the molecule is C=C(CC#N)CCN. The van der Waals surface area contributed by atoms with Gasteiger partial charge in [-0.15, -0.1) is 0 Å². The van der Waals surface area contributed by atoms with Gasteiger partial charge in [-0.05, 0) is 13.0 Å². The molecule has 44 valence electrons. The monoisotopic (exact) mass is 110 g/mol. The quantitative estimate of drug-likeness (QED) is 0.546. The Morgan fingerprint density at radius 3 is 2.75 bits per heavy atom. The fourth-order valence-electron chi connectivity index (χ4n) is 0.404. The molecule has 0 bridgehead atoms. The number of hydrogen-bond donors (Lipinski definition) is 1. The van der Waals surface area contributed by atoms with Crippen LogP contribution in [-0.2, 0) is 0 Å². The molecule has 0 saturated carbocycles. The number of rotatable bonds is 3. The fourth-order valence-corrected chi connectivity index (χ4v) is 0.404. The van der Waals surface area contributed by atoms with E-state index in [9.17, 15) is 0 Å². The molecule has 0 aromatic carbocycles. The predicted octanol–water partition coefficient (Wildman–Crippen LogP) is 0.805. The van der Waals surface area contributed by atoms with Crippen LogP contribution in [0.3, 0.4) is 0 Å². The summed E-state index contributed by atoms with van der Waals surface area (Å²) < 4.78 is 0. The van der Waals surface area contributed by atoms with Crippen molar-refractivity contribution in [3.63, 3.8) is 0 Å². The Hall–Kier alpha value is -0.810. The van der Waals surface area contributed by atoms with Crippen molar-refractivity contribution in [3.8, 4) is 6.07 Å². The maximum atomic E-state index is 8.11. The van der Waals surface area contributed by atoms with Crippen LogP contribution in [0.2, 0.25) is 0 Å². The summed E-state index contributed by atoms with van der Waals surface area (Å²) in [6.07, 6.45) is 1.21. The third-order valence-corrected chi connectivity index (χ3v) is 0.827. The van der Waals surface area contributed by atoms with Gasteiger partial charge < -0.3 is 5.73 Å². The Kier molecular flexibility index (Phi) is 3.91. The summed E-state index contributed by atoms with van der Waals surface area (Å²) in [4.78, 5) is 0. The first kappa shape index (κ1) is 7.19. The van der Waals surface area contributed by atoms with Crippen molar-refractivity contribution in [1.82, 2.24) is 0 Å². The molecule has 0 heterocycles. The number of nitrogens with zero attached hydrogens (tertiary/aromatic N) is 1. The third-order valence-electron chi connectivity index (χ3n) is 0.827. The molecule has 2 nitrogen and oxygen atoms in total. The van der Waals surface area contributed by atoms with Crippen LogP contribution in [0.4, 0.5) is 0 Å². The molecule has 8 heavy (non-hydrogen) atoms. The van der Waals surface area contributed by atoms with Crippen molar-refractivity contribution >= 4 is 0 Å². The van der Waals surface area contributed by atoms with Crippen LogP contribution in [0.25, 0.3) is 0 Å². The molecule has 0 aliphatic heterocycles. The Morgan fingerprint density at radius 2 is 2.38 bits per heavy atom. The minimum Gasteiger partial charge on any atom is -0.330 e. The molecular weight excluding hydrogens is 100 g/mol. The standard InChI is InChI=1S/C6H10N2/c1-6(2-4-7)3-5-8/h1-4,7H2. The topological polar surface area (TPSA) is 49.8 Å². The van der Waals surface area contributed by atoms with Crippen LogP contribution in [0.5, 0.6) is 0 Å². The zero-order chi connectivity index (χ0) is 6.41. The minimum atomic E-state index is 0.442. The van der Waals surface area contributed by atoms with Gasteiger partial charge in [0, 0.05) is 0 Å². The van der Waals surface area contributed by atoms with Crippen molar-refractivity contribution in [2.75, 3.05) is 6.54 Å². The average molecular weight is 110 g/mol. The van der Waals surface area contributed by atoms with E-state index in [-0.39, 0.29) is 0 Å². The first-order valence-electron chi connectivity index (χ1n) is 2.55.